The Kier molecular flexibility index (Phi) is 9.64. The van der Waals surface area contributed by atoms with Crippen molar-refractivity contribution >= 4 is 11.8 Å². The molecule has 4 atom stereocenters. The van der Waals surface area contributed by atoms with Gasteiger partial charge in [-0.25, -0.2) is 0 Å². The molecule has 0 spiro atoms. The summed E-state index contributed by atoms with van der Waals surface area (Å²) in [4.78, 5) is 28.2. The van der Waals surface area contributed by atoms with Gasteiger partial charge in [0.05, 0.1) is 39.4 Å². The Morgan fingerprint density at radius 2 is 1.82 bits per heavy atom. The van der Waals surface area contributed by atoms with E-state index in [0.29, 0.717) is 34.8 Å². The first-order chi connectivity index (χ1) is 19.4. The molecule has 11 heteroatoms. The maximum absolute atomic E-state index is 13.4. The quantitative estimate of drug-likeness (QED) is 0.294. The van der Waals surface area contributed by atoms with Crippen molar-refractivity contribution in [3.63, 3.8) is 0 Å². The van der Waals surface area contributed by atoms with E-state index >= 15 is 0 Å². The smallest absolute Gasteiger partial charge is 0.249 e. The highest BCUT2D eigenvalue weighted by atomic mass is 16.5. The number of aliphatic hydroxyl groups excluding tert-OH is 3. The van der Waals surface area contributed by atoms with Crippen LogP contribution in [0.5, 0.6) is 17.2 Å². The van der Waals surface area contributed by atoms with E-state index in [0.717, 1.165) is 5.56 Å². The van der Waals surface area contributed by atoms with Gasteiger partial charge in [0, 0.05) is 31.3 Å². The third-order valence-corrected chi connectivity index (χ3v) is 7.26. The molecule has 0 fully saturated rings. The number of carbonyl (C=O) groups is 2. The molecule has 1 heterocycles. The van der Waals surface area contributed by atoms with E-state index in [2.05, 4.69) is 5.32 Å². The Balaban J connectivity index is 1.76. The minimum absolute atomic E-state index is 0.0224. The first kappa shape index (κ1) is 29.3. The minimum Gasteiger partial charge on any atom is -0.496 e. The van der Waals surface area contributed by atoms with Crippen molar-refractivity contribution in [2.24, 2.45) is 0 Å². The lowest BCUT2D eigenvalue weighted by Gasteiger charge is -2.40. The first-order valence-electron chi connectivity index (χ1n) is 13.1. The second-order valence-corrected chi connectivity index (χ2v) is 9.60. The lowest BCUT2D eigenvalue weighted by molar-refractivity contribution is -0.141. The van der Waals surface area contributed by atoms with E-state index in [9.17, 15) is 24.9 Å². The summed E-state index contributed by atoms with van der Waals surface area (Å²) in [6.07, 6.45) is -0.129. The second kappa shape index (κ2) is 13.1. The summed E-state index contributed by atoms with van der Waals surface area (Å²) in [5.41, 5.74) is 2.29. The van der Waals surface area contributed by atoms with E-state index < -0.39 is 30.1 Å². The average Bonchev–Trinajstić information content (AvgIpc) is 3.36. The zero-order valence-electron chi connectivity index (χ0n) is 22.8. The molecule has 1 aliphatic heterocycles. The summed E-state index contributed by atoms with van der Waals surface area (Å²) in [6, 6.07) is 9.89. The number of aliphatic hydroxyl groups is 3. The average molecular weight is 557 g/mol. The van der Waals surface area contributed by atoms with Gasteiger partial charge in [0.2, 0.25) is 11.8 Å². The van der Waals surface area contributed by atoms with Crippen LogP contribution in [0.3, 0.4) is 0 Å². The van der Waals surface area contributed by atoms with Crippen LogP contribution >= 0.6 is 0 Å². The summed E-state index contributed by atoms with van der Waals surface area (Å²) >= 11 is 0. The van der Waals surface area contributed by atoms with Crippen LogP contribution in [0.25, 0.3) is 0 Å². The fourth-order valence-electron chi connectivity index (χ4n) is 5.42. The second-order valence-electron chi connectivity index (χ2n) is 9.60. The fraction of sp³-hybridized carbons (Fsp3) is 0.448. The zero-order chi connectivity index (χ0) is 28.8. The summed E-state index contributed by atoms with van der Waals surface area (Å²) < 4.78 is 22.3. The maximum atomic E-state index is 13.4. The summed E-state index contributed by atoms with van der Waals surface area (Å²) in [7, 11) is 4.45. The number of fused-ring (bicyclic) bond motifs is 3. The molecule has 1 aliphatic carbocycles. The van der Waals surface area contributed by atoms with Crippen molar-refractivity contribution in [1.29, 1.82) is 0 Å². The van der Waals surface area contributed by atoms with Crippen LogP contribution in [-0.4, -0.2) is 97.9 Å². The zero-order valence-corrected chi connectivity index (χ0v) is 22.8. The van der Waals surface area contributed by atoms with Gasteiger partial charge >= 0.3 is 0 Å². The monoisotopic (exact) mass is 556 g/mol. The molecule has 0 saturated carbocycles. The highest BCUT2D eigenvalue weighted by molar-refractivity contribution is 5.96. The third kappa shape index (κ3) is 5.78. The minimum atomic E-state index is -1.22. The molecule has 0 aromatic heterocycles. The summed E-state index contributed by atoms with van der Waals surface area (Å²) in [5.74, 6) is -0.144. The van der Waals surface area contributed by atoms with Crippen LogP contribution < -0.4 is 19.5 Å². The predicted octanol–water partition coefficient (Wildman–Crippen LogP) is 0.536. The highest BCUT2D eigenvalue weighted by Gasteiger charge is 2.51. The first-order valence-corrected chi connectivity index (χ1v) is 13.1. The number of para-hydroxylation sites is 1. The van der Waals surface area contributed by atoms with Crippen molar-refractivity contribution < 1.29 is 43.9 Å². The van der Waals surface area contributed by atoms with Crippen LogP contribution in [0.1, 0.15) is 22.6 Å². The molecule has 40 heavy (non-hydrogen) atoms. The molecule has 0 saturated heterocycles. The van der Waals surface area contributed by atoms with E-state index in [1.807, 2.05) is 24.3 Å². The molecule has 216 valence electrons. The van der Waals surface area contributed by atoms with Crippen molar-refractivity contribution in [3.8, 4) is 17.2 Å². The molecule has 2 aliphatic rings. The van der Waals surface area contributed by atoms with E-state index in [-0.39, 0.29) is 44.4 Å². The van der Waals surface area contributed by atoms with Gasteiger partial charge in [0.1, 0.15) is 24.6 Å². The van der Waals surface area contributed by atoms with Crippen LogP contribution in [0, 0.1) is 0 Å². The molecular formula is C29H36N2O9. The lowest BCUT2D eigenvalue weighted by atomic mass is 9.77. The van der Waals surface area contributed by atoms with E-state index in [4.69, 9.17) is 18.9 Å². The molecule has 0 bridgehead atoms. The number of hydrogen-bond donors (Lipinski definition) is 4. The molecule has 0 unspecified atom stereocenters. The molecular weight excluding hydrogens is 520 g/mol. The van der Waals surface area contributed by atoms with Gasteiger partial charge in [0.15, 0.2) is 11.5 Å². The van der Waals surface area contributed by atoms with Gasteiger partial charge in [-0.1, -0.05) is 18.2 Å². The van der Waals surface area contributed by atoms with Crippen LogP contribution in [0.2, 0.25) is 0 Å². The van der Waals surface area contributed by atoms with Crippen molar-refractivity contribution in [1.82, 2.24) is 10.2 Å². The van der Waals surface area contributed by atoms with Gasteiger partial charge in [-0.3, -0.25) is 9.59 Å². The summed E-state index contributed by atoms with van der Waals surface area (Å²) in [5, 5.41) is 33.5. The van der Waals surface area contributed by atoms with Gasteiger partial charge in [-0.15, -0.1) is 0 Å². The molecule has 4 rings (SSSR count). The maximum Gasteiger partial charge on any atom is 0.249 e. The molecule has 4 N–H and O–H groups in total. The SMILES string of the molecule is COCC(=O)N(CCc1ccccc1OC)[C@@H]1C=C(C(=O)NCCO)[C@@H]2c3cc(CO)cc(OC)c3O[C@@H]2[C@H]1O. The van der Waals surface area contributed by atoms with E-state index in [1.165, 1.54) is 19.1 Å². The Hall–Kier alpha value is -3.64. The van der Waals surface area contributed by atoms with Crippen LogP contribution in [0.4, 0.5) is 0 Å². The van der Waals surface area contributed by atoms with Gasteiger partial charge in [0.25, 0.3) is 0 Å². The number of rotatable bonds is 12. The fourth-order valence-corrected chi connectivity index (χ4v) is 5.42. The molecule has 11 nitrogen and oxygen atoms in total. The Bertz CT molecular complexity index is 1250. The van der Waals surface area contributed by atoms with Crippen molar-refractivity contribution in [3.05, 3.63) is 64.7 Å². The Labute approximate surface area is 232 Å². The number of amides is 2. The number of nitrogens with zero attached hydrogens (tertiary/aromatic N) is 1. The van der Waals surface area contributed by atoms with Gasteiger partial charge in [-0.05, 0) is 41.8 Å². The van der Waals surface area contributed by atoms with E-state index in [1.54, 1.807) is 25.3 Å². The van der Waals surface area contributed by atoms with Crippen molar-refractivity contribution in [2.45, 2.75) is 37.2 Å². The largest absolute Gasteiger partial charge is 0.496 e. The van der Waals surface area contributed by atoms with Crippen molar-refractivity contribution in [2.75, 3.05) is 47.6 Å². The van der Waals surface area contributed by atoms with Crippen LogP contribution in [0.15, 0.2) is 48.0 Å². The van der Waals surface area contributed by atoms with Gasteiger partial charge in [-0.2, -0.15) is 0 Å². The lowest BCUT2D eigenvalue weighted by Crippen LogP contribution is -2.56. The molecule has 0 radical (unpaired) electrons. The number of benzene rings is 2. The number of carbonyl (C=O) groups excluding carboxylic acids is 2. The Morgan fingerprint density at radius 3 is 2.50 bits per heavy atom. The number of ether oxygens (including phenoxy) is 4. The molecule has 2 amide bonds. The third-order valence-electron chi connectivity index (χ3n) is 7.26. The topological polar surface area (TPSA) is 147 Å². The number of nitrogens with one attached hydrogen (secondary N) is 1. The van der Waals surface area contributed by atoms with Gasteiger partial charge < -0.3 is 44.5 Å². The number of hydrogen-bond acceptors (Lipinski definition) is 9. The standard InChI is InChI=1S/C29H36N2O9/c1-37-16-24(34)31(10-8-18-6-4-5-7-22(18)38-2)21-14-20(29(36)30-9-11-32)25-19-12-17(15-33)13-23(39-3)27(19)40-28(25)26(21)35/h4-7,12-14,21,25-26,28,32-33,35H,8-11,15-16H2,1-3H3,(H,30,36)/t21-,25+,26+,28+/m1/s1. The highest BCUT2D eigenvalue weighted by Crippen LogP contribution is 2.51. The van der Waals surface area contributed by atoms with Crippen LogP contribution in [-0.2, 0) is 27.4 Å². The molecule has 2 aromatic rings. The normalized spacial score (nSPS) is 21.0. The summed E-state index contributed by atoms with van der Waals surface area (Å²) in [6.45, 7) is -0.516. The Morgan fingerprint density at radius 1 is 1.07 bits per heavy atom. The predicted molar refractivity (Wildman–Crippen MR) is 144 cm³/mol. The number of methoxy groups -OCH3 is 3. The molecule has 2 aromatic carbocycles.